The van der Waals surface area contributed by atoms with Gasteiger partial charge in [0.05, 0.1) is 12.7 Å². The van der Waals surface area contributed by atoms with Crippen molar-refractivity contribution in [3.8, 4) is 5.75 Å². The summed E-state index contributed by atoms with van der Waals surface area (Å²) in [6.45, 7) is 6.49. The molecule has 7 heteroatoms. The monoisotopic (exact) mass is 329 g/mol. The fraction of sp³-hybridized carbons (Fsp3) is 0.438. The van der Waals surface area contributed by atoms with E-state index in [2.05, 4.69) is 4.98 Å². The third-order valence-electron chi connectivity index (χ3n) is 3.22. The molecule has 0 radical (unpaired) electrons. The average molecular weight is 329 g/mol. The number of esters is 1. The molecule has 1 heterocycles. The van der Waals surface area contributed by atoms with Gasteiger partial charge in [0.1, 0.15) is 16.9 Å². The van der Waals surface area contributed by atoms with Crippen LogP contribution in [0.5, 0.6) is 5.75 Å². The molecule has 1 aromatic heterocycles. The fourth-order valence-electron chi connectivity index (χ4n) is 2.44. The molecule has 0 bridgehead atoms. The molecule has 2 aromatic rings. The summed E-state index contributed by atoms with van der Waals surface area (Å²) in [4.78, 5) is 15.2. The first-order chi connectivity index (χ1) is 10.5. The van der Waals surface area contributed by atoms with Crippen LogP contribution in [-0.4, -0.2) is 23.7 Å². The van der Waals surface area contributed by atoms with Crippen molar-refractivity contribution in [2.45, 2.75) is 39.5 Å². The molecule has 0 aliphatic carbocycles. The van der Waals surface area contributed by atoms with Crippen LogP contribution < -0.4 is 4.74 Å². The summed E-state index contributed by atoms with van der Waals surface area (Å²) in [7, 11) is 1.16. The van der Waals surface area contributed by atoms with Crippen LogP contribution in [0.2, 0.25) is 0 Å². The maximum absolute atomic E-state index is 13.5. The molecule has 0 fully saturated rings. The number of carbonyl (C=O) groups is 1. The van der Waals surface area contributed by atoms with E-state index in [-0.39, 0.29) is 22.2 Å². The van der Waals surface area contributed by atoms with Crippen LogP contribution in [0.4, 0.5) is 13.2 Å². The van der Waals surface area contributed by atoms with E-state index in [0.29, 0.717) is 5.69 Å². The topological polar surface area (TPSA) is 51.3 Å². The molecule has 126 valence electrons. The largest absolute Gasteiger partial charge is 0.496 e. The van der Waals surface area contributed by atoms with Gasteiger partial charge in [-0.25, -0.2) is 4.79 Å². The minimum atomic E-state index is -4.67. The van der Waals surface area contributed by atoms with E-state index in [9.17, 15) is 18.0 Å². The van der Waals surface area contributed by atoms with E-state index in [1.165, 1.54) is 19.1 Å². The first kappa shape index (κ1) is 17.2. The maximum Gasteiger partial charge on any atom is 0.420 e. The van der Waals surface area contributed by atoms with Crippen LogP contribution in [0.3, 0.4) is 0 Å². The zero-order valence-electron chi connectivity index (χ0n) is 13.5. The second-order valence-electron chi connectivity index (χ2n) is 6.19. The summed E-state index contributed by atoms with van der Waals surface area (Å²) < 4.78 is 50.6. The van der Waals surface area contributed by atoms with E-state index in [0.717, 1.165) is 7.11 Å². The predicted molar refractivity (Wildman–Crippen MR) is 79.8 cm³/mol. The van der Waals surface area contributed by atoms with Crippen molar-refractivity contribution in [3.05, 3.63) is 29.0 Å². The van der Waals surface area contributed by atoms with Crippen molar-refractivity contribution in [1.82, 2.24) is 4.98 Å². The van der Waals surface area contributed by atoms with Gasteiger partial charge >= 0.3 is 12.1 Å². The normalized spacial score (nSPS) is 12.5. The molecule has 0 unspecified atom stereocenters. The second-order valence-corrected chi connectivity index (χ2v) is 6.19. The molecule has 23 heavy (non-hydrogen) atoms. The molecule has 0 aliphatic heterocycles. The second kappa shape index (κ2) is 5.47. The van der Waals surface area contributed by atoms with Gasteiger partial charge in [-0.1, -0.05) is 0 Å². The van der Waals surface area contributed by atoms with E-state index >= 15 is 0 Å². The number of nitrogens with one attached hydrogen (secondary N) is 1. The highest BCUT2D eigenvalue weighted by atomic mass is 19.4. The van der Waals surface area contributed by atoms with Crippen molar-refractivity contribution in [3.63, 3.8) is 0 Å². The van der Waals surface area contributed by atoms with E-state index in [1.807, 2.05) is 0 Å². The fourth-order valence-corrected chi connectivity index (χ4v) is 2.44. The highest BCUT2D eigenvalue weighted by molar-refractivity contribution is 6.07. The lowest BCUT2D eigenvalue weighted by atomic mass is 10.0. The minimum absolute atomic E-state index is 0.124. The number of hydrogen-bond donors (Lipinski definition) is 1. The third-order valence-corrected chi connectivity index (χ3v) is 3.22. The van der Waals surface area contributed by atoms with E-state index in [4.69, 9.17) is 9.47 Å². The van der Waals surface area contributed by atoms with Gasteiger partial charge in [-0.05, 0) is 39.8 Å². The Bertz CT molecular complexity index is 754. The van der Waals surface area contributed by atoms with Gasteiger partial charge in [0, 0.05) is 16.6 Å². The van der Waals surface area contributed by atoms with Gasteiger partial charge < -0.3 is 14.5 Å². The standard InChI is InChI=1S/C16H18F3NO3/c1-8-11(14(21)23-15(2,3)4)12-9(20-8)6-7-10(22-5)13(12)16(17,18)19/h6-7,20H,1-5H3. The van der Waals surface area contributed by atoms with Crippen LogP contribution in [0.15, 0.2) is 12.1 Å². The Hall–Kier alpha value is -2.18. The lowest BCUT2D eigenvalue weighted by Crippen LogP contribution is -2.24. The Kier molecular flexibility index (Phi) is 4.09. The summed E-state index contributed by atoms with van der Waals surface area (Å²) >= 11 is 0. The first-order valence-electron chi connectivity index (χ1n) is 6.95. The molecular weight excluding hydrogens is 311 g/mol. The summed E-state index contributed by atoms with van der Waals surface area (Å²) in [5.41, 5.74) is -1.40. The lowest BCUT2D eigenvalue weighted by Gasteiger charge is -2.20. The molecule has 2 rings (SSSR count). The third kappa shape index (κ3) is 3.28. The van der Waals surface area contributed by atoms with E-state index < -0.39 is 23.3 Å². The number of alkyl halides is 3. The van der Waals surface area contributed by atoms with Gasteiger partial charge in [-0.15, -0.1) is 0 Å². The average Bonchev–Trinajstić information content (AvgIpc) is 2.69. The molecule has 0 amide bonds. The summed E-state index contributed by atoms with van der Waals surface area (Å²) in [6.07, 6.45) is -4.67. The molecule has 0 saturated carbocycles. The minimum Gasteiger partial charge on any atom is -0.496 e. The van der Waals surface area contributed by atoms with Gasteiger partial charge in [0.15, 0.2) is 0 Å². The highest BCUT2D eigenvalue weighted by Crippen LogP contribution is 2.43. The molecule has 0 saturated heterocycles. The number of carbonyl (C=O) groups excluding carboxylic acids is 1. The Balaban J connectivity index is 2.80. The van der Waals surface area contributed by atoms with Gasteiger partial charge in [0.2, 0.25) is 0 Å². The van der Waals surface area contributed by atoms with Gasteiger partial charge in [-0.2, -0.15) is 13.2 Å². The Morgan fingerprint density at radius 2 is 1.78 bits per heavy atom. The number of aryl methyl sites for hydroxylation is 1. The van der Waals surface area contributed by atoms with Gasteiger partial charge in [-0.3, -0.25) is 0 Å². The summed E-state index contributed by atoms with van der Waals surface area (Å²) in [5.74, 6) is -1.14. The van der Waals surface area contributed by atoms with Crippen LogP contribution >= 0.6 is 0 Å². The number of ether oxygens (including phenoxy) is 2. The molecule has 1 aromatic carbocycles. The first-order valence-corrected chi connectivity index (χ1v) is 6.95. The molecule has 4 nitrogen and oxygen atoms in total. The number of methoxy groups -OCH3 is 1. The number of benzene rings is 1. The zero-order valence-corrected chi connectivity index (χ0v) is 13.5. The molecule has 0 atom stereocenters. The number of aromatic nitrogens is 1. The Morgan fingerprint density at radius 1 is 1.17 bits per heavy atom. The summed E-state index contributed by atoms with van der Waals surface area (Å²) in [5, 5.41) is -0.233. The molecule has 0 aliphatic rings. The number of rotatable bonds is 2. The zero-order chi connectivity index (χ0) is 17.6. The number of halogens is 3. The maximum atomic E-state index is 13.5. The smallest absolute Gasteiger partial charge is 0.420 e. The van der Waals surface area contributed by atoms with Crippen molar-refractivity contribution in [2.24, 2.45) is 0 Å². The quantitative estimate of drug-likeness (QED) is 0.828. The number of H-pyrrole nitrogens is 1. The van der Waals surface area contributed by atoms with Crippen LogP contribution in [-0.2, 0) is 10.9 Å². The predicted octanol–water partition coefficient (Wildman–Crippen LogP) is 4.46. The van der Waals surface area contributed by atoms with Crippen molar-refractivity contribution >= 4 is 16.9 Å². The van der Waals surface area contributed by atoms with E-state index in [1.54, 1.807) is 20.8 Å². The number of fused-ring (bicyclic) bond motifs is 1. The van der Waals surface area contributed by atoms with Crippen molar-refractivity contribution < 1.29 is 27.4 Å². The Morgan fingerprint density at radius 3 is 2.26 bits per heavy atom. The van der Waals surface area contributed by atoms with Crippen LogP contribution in [0.1, 0.15) is 42.4 Å². The Labute approximate surface area is 131 Å². The SMILES string of the molecule is COc1ccc2[nH]c(C)c(C(=O)OC(C)(C)C)c2c1C(F)(F)F. The molecule has 1 N–H and O–H groups in total. The number of hydrogen-bond acceptors (Lipinski definition) is 3. The molecule has 0 spiro atoms. The van der Waals surface area contributed by atoms with Crippen LogP contribution in [0.25, 0.3) is 10.9 Å². The van der Waals surface area contributed by atoms with Crippen molar-refractivity contribution in [1.29, 1.82) is 0 Å². The van der Waals surface area contributed by atoms with Gasteiger partial charge in [0.25, 0.3) is 0 Å². The highest BCUT2D eigenvalue weighted by Gasteiger charge is 2.39. The lowest BCUT2D eigenvalue weighted by molar-refractivity contribution is -0.137. The number of aromatic amines is 1. The molecular formula is C16H18F3NO3. The van der Waals surface area contributed by atoms with Crippen molar-refractivity contribution in [2.75, 3.05) is 7.11 Å². The van der Waals surface area contributed by atoms with Crippen LogP contribution in [0, 0.1) is 6.92 Å². The summed E-state index contributed by atoms with van der Waals surface area (Å²) in [6, 6.07) is 2.67.